The molecule has 2 aromatic carbocycles. The molecule has 2 heterocycles. The Labute approximate surface area is 186 Å². The van der Waals surface area contributed by atoms with Crippen LogP contribution in [0.2, 0.25) is 0 Å². The van der Waals surface area contributed by atoms with E-state index in [1.807, 2.05) is 6.07 Å². The van der Waals surface area contributed by atoms with Crippen LogP contribution in [-0.2, 0) is 19.4 Å². The first-order valence-electron chi connectivity index (χ1n) is 11.2. The van der Waals surface area contributed by atoms with E-state index < -0.39 is 0 Å². The molecule has 0 N–H and O–H groups in total. The van der Waals surface area contributed by atoms with E-state index in [1.165, 1.54) is 27.8 Å². The van der Waals surface area contributed by atoms with E-state index in [4.69, 9.17) is 14.2 Å². The van der Waals surface area contributed by atoms with Crippen LogP contribution >= 0.6 is 0 Å². The number of nitrogens with zero attached hydrogens (tertiary/aromatic N) is 1. The van der Waals surface area contributed by atoms with E-state index in [0.29, 0.717) is 12.6 Å². The fraction of sp³-hybridized carbons (Fsp3) is 0.407. The molecule has 0 spiro atoms. The van der Waals surface area contributed by atoms with Crippen LogP contribution in [0.4, 0.5) is 0 Å². The van der Waals surface area contributed by atoms with Crippen LogP contribution in [0, 0.1) is 6.92 Å². The Morgan fingerprint density at radius 3 is 2.87 bits per heavy atom. The number of hydrogen-bond donors (Lipinski definition) is 0. The lowest BCUT2D eigenvalue weighted by atomic mass is 9.86. The molecular formula is C27H33NO3. The Morgan fingerprint density at radius 2 is 2.13 bits per heavy atom. The first-order valence-corrected chi connectivity index (χ1v) is 11.2. The Hall–Kier alpha value is -2.72. The number of ether oxygens (including phenoxy) is 3. The molecule has 4 heteroatoms. The first-order chi connectivity index (χ1) is 15.0. The molecule has 2 aromatic rings. The highest BCUT2D eigenvalue weighted by molar-refractivity contribution is 5.53. The van der Waals surface area contributed by atoms with Crippen molar-refractivity contribution in [2.24, 2.45) is 0 Å². The highest BCUT2D eigenvalue weighted by atomic mass is 16.5. The molecule has 0 amide bonds. The number of methoxy groups -OCH3 is 1. The molecule has 0 aromatic heterocycles. The molecule has 0 saturated heterocycles. The minimum absolute atomic E-state index is 0.325. The third-order valence-electron chi connectivity index (χ3n) is 6.40. The number of rotatable bonds is 8. The van der Waals surface area contributed by atoms with E-state index in [2.05, 4.69) is 50.1 Å². The first kappa shape index (κ1) is 21.5. The number of fused-ring (bicyclic) bond motifs is 2. The van der Waals surface area contributed by atoms with Crippen molar-refractivity contribution in [3.8, 4) is 17.2 Å². The zero-order chi connectivity index (χ0) is 22.0. The van der Waals surface area contributed by atoms with Crippen molar-refractivity contribution in [3.63, 3.8) is 0 Å². The van der Waals surface area contributed by atoms with Crippen LogP contribution in [-0.4, -0.2) is 31.8 Å². The van der Waals surface area contributed by atoms with Gasteiger partial charge in [-0.15, -0.1) is 0 Å². The largest absolute Gasteiger partial charge is 0.493 e. The van der Waals surface area contributed by atoms with Gasteiger partial charge in [0.15, 0.2) is 11.5 Å². The van der Waals surface area contributed by atoms with E-state index in [-0.39, 0.29) is 0 Å². The van der Waals surface area contributed by atoms with E-state index in [9.17, 15) is 0 Å². The van der Waals surface area contributed by atoms with E-state index in [0.717, 1.165) is 61.8 Å². The quantitative estimate of drug-likeness (QED) is 0.524. The van der Waals surface area contributed by atoms with Gasteiger partial charge in [-0.05, 0) is 66.3 Å². The summed E-state index contributed by atoms with van der Waals surface area (Å²) >= 11 is 0. The summed E-state index contributed by atoms with van der Waals surface area (Å²) < 4.78 is 17.7. The van der Waals surface area contributed by atoms with Crippen molar-refractivity contribution in [2.75, 3.05) is 26.9 Å². The zero-order valence-corrected chi connectivity index (χ0v) is 19.0. The molecule has 0 saturated carbocycles. The molecule has 1 unspecified atom stereocenters. The standard InChI is InChI=1S/C27H33NO3/c1-6-11-28-16-23-20(8-9-25(29-5)27(23)31-17-18(3)7-2)14-24(28)22-15-26-21(10-12-30-26)13-19(22)4/h7-9,13,15,24H,2-3,6,10-12,14,16-17H2,1,4-5H3. The molecule has 4 rings (SSSR count). The summed E-state index contributed by atoms with van der Waals surface area (Å²) in [5.74, 6) is 2.66. The Kier molecular flexibility index (Phi) is 6.38. The van der Waals surface area contributed by atoms with Gasteiger partial charge < -0.3 is 14.2 Å². The van der Waals surface area contributed by atoms with E-state index in [1.54, 1.807) is 13.2 Å². The van der Waals surface area contributed by atoms with Gasteiger partial charge in [-0.1, -0.05) is 38.3 Å². The summed E-state index contributed by atoms with van der Waals surface area (Å²) in [7, 11) is 1.69. The van der Waals surface area contributed by atoms with Crippen molar-refractivity contribution in [3.05, 3.63) is 76.9 Å². The summed E-state index contributed by atoms with van der Waals surface area (Å²) in [6.07, 6.45) is 4.79. The predicted octanol–water partition coefficient (Wildman–Crippen LogP) is 5.57. The SMILES string of the molecule is C=CC(=C)COc1c(OC)ccc2c1CN(CCC)C(c1cc3c(cc1C)CCO3)C2. The highest BCUT2D eigenvalue weighted by Gasteiger charge is 2.32. The number of benzene rings is 2. The van der Waals surface area contributed by atoms with Gasteiger partial charge >= 0.3 is 0 Å². The van der Waals surface area contributed by atoms with Crippen molar-refractivity contribution < 1.29 is 14.2 Å². The van der Waals surface area contributed by atoms with Crippen LogP contribution in [0.5, 0.6) is 17.2 Å². The maximum atomic E-state index is 6.19. The average molecular weight is 420 g/mol. The van der Waals surface area contributed by atoms with Gasteiger partial charge in [0.2, 0.25) is 0 Å². The third kappa shape index (κ3) is 4.22. The topological polar surface area (TPSA) is 30.9 Å². The van der Waals surface area contributed by atoms with Crippen molar-refractivity contribution in [2.45, 2.75) is 45.7 Å². The summed E-state index contributed by atoms with van der Waals surface area (Å²) in [4.78, 5) is 2.57. The molecule has 0 aliphatic carbocycles. The van der Waals surface area contributed by atoms with Crippen molar-refractivity contribution in [1.29, 1.82) is 0 Å². The van der Waals surface area contributed by atoms with Crippen molar-refractivity contribution in [1.82, 2.24) is 4.90 Å². The maximum absolute atomic E-state index is 6.19. The lowest BCUT2D eigenvalue weighted by Crippen LogP contribution is -2.35. The van der Waals surface area contributed by atoms with Gasteiger partial charge in [0.25, 0.3) is 0 Å². The molecule has 0 fully saturated rings. The fourth-order valence-electron chi connectivity index (χ4n) is 4.76. The van der Waals surface area contributed by atoms with Crippen LogP contribution in [0.25, 0.3) is 0 Å². The average Bonchev–Trinajstić information content (AvgIpc) is 3.23. The molecule has 2 aliphatic heterocycles. The van der Waals surface area contributed by atoms with Gasteiger partial charge in [-0.3, -0.25) is 4.90 Å². The Morgan fingerprint density at radius 1 is 1.29 bits per heavy atom. The number of aryl methyl sites for hydroxylation is 1. The minimum atomic E-state index is 0.325. The van der Waals surface area contributed by atoms with Gasteiger partial charge in [-0.25, -0.2) is 0 Å². The second-order valence-electron chi connectivity index (χ2n) is 8.49. The van der Waals surface area contributed by atoms with Crippen molar-refractivity contribution >= 4 is 0 Å². The molecular weight excluding hydrogens is 386 g/mol. The Balaban J connectivity index is 1.72. The third-order valence-corrected chi connectivity index (χ3v) is 6.40. The lowest BCUT2D eigenvalue weighted by Gasteiger charge is -2.39. The molecule has 0 bridgehead atoms. The monoisotopic (exact) mass is 419 g/mol. The number of hydrogen-bond acceptors (Lipinski definition) is 4. The Bertz CT molecular complexity index is 994. The summed E-state index contributed by atoms with van der Waals surface area (Å²) in [5, 5.41) is 0. The fourth-order valence-corrected chi connectivity index (χ4v) is 4.76. The normalized spacial score (nSPS) is 17.5. The maximum Gasteiger partial charge on any atom is 0.166 e. The van der Waals surface area contributed by atoms with Crippen LogP contribution in [0.15, 0.2) is 49.1 Å². The zero-order valence-electron chi connectivity index (χ0n) is 19.0. The second-order valence-corrected chi connectivity index (χ2v) is 8.49. The summed E-state index contributed by atoms with van der Waals surface area (Å²) in [5.41, 5.74) is 7.45. The van der Waals surface area contributed by atoms with Crippen LogP contribution < -0.4 is 14.2 Å². The second kappa shape index (κ2) is 9.19. The summed E-state index contributed by atoms with van der Waals surface area (Å²) in [6, 6.07) is 9.15. The van der Waals surface area contributed by atoms with Gasteiger partial charge in [0, 0.05) is 24.6 Å². The van der Waals surface area contributed by atoms with Gasteiger partial charge in [-0.2, -0.15) is 0 Å². The van der Waals surface area contributed by atoms with E-state index >= 15 is 0 Å². The molecule has 2 aliphatic rings. The summed E-state index contributed by atoms with van der Waals surface area (Å²) in [6.45, 7) is 15.3. The molecule has 31 heavy (non-hydrogen) atoms. The molecule has 4 nitrogen and oxygen atoms in total. The smallest absolute Gasteiger partial charge is 0.166 e. The minimum Gasteiger partial charge on any atom is -0.493 e. The van der Waals surface area contributed by atoms with Crippen LogP contribution in [0.1, 0.15) is 47.2 Å². The van der Waals surface area contributed by atoms with Gasteiger partial charge in [0.1, 0.15) is 12.4 Å². The van der Waals surface area contributed by atoms with Crippen LogP contribution in [0.3, 0.4) is 0 Å². The lowest BCUT2D eigenvalue weighted by molar-refractivity contribution is 0.167. The molecule has 164 valence electrons. The predicted molar refractivity (Wildman–Crippen MR) is 125 cm³/mol. The molecule has 0 radical (unpaired) electrons. The molecule has 1 atom stereocenters. The van der Waals surface area contributed by atoms with Gasteiger partial charge in [0.05, 0.1) is 13.7 Å². The highest BCUT2D eigenvalue weighted by Crippen LogP contribution is 2.43.